The van der Waals surface area contributed by atoms with Crippen LogP contribution in [0.1, 0.15) is 37.6 Å². The Balaban J connectivity index is 2.10. The van der Waals surface area contributed by atoms with E-state index in [1.54, 1.807) is 47.0 Å². The zero-order valence-electron chi connectivity index (χ0n) is 16.0. The monoisotopic (exact) mass is 452 g/mol. The van der Waals surface area contributed by atoms with Crippen LogP contribution in [0.2, 0.25) is 0 Å². The maximum Gasteiger partial charge on any atom is 0.253 e. The molecule has 2 rings (SSSR count). The fraction of sp³-hybridized carbons (Fsp3) is 0.421. The first-order valence-electron chi connectivity index (χ1n) is 8.62. The summed E-state index contributed by atoms with van der Waals surface area (Å²) in [5.74, 6) is 0.224. The Bertz CT molecular complexity index is 801. The molecular weight excluding hydrogens is 428 g/mol. The van der Waals surface area contributed by atoms with E-state index in [1.165, 1.54) is 0 Å². The number of halogens is 1. The van der Waals surface area contributed by atoms with E-state index in [4.69, 9.17) is 0 Å². The number of thioether (sulfide) groups is 1. The maximum atomic E-state index is 12.7. The molecule has 0 aliphatic heterocycles. The summed E-state index contributed by atoms with van der Waals surface area (Å²) in [4.78, 5) is 25.3. The highest BCUT2D eigenvalue weighted by Gasteiger charge is 2.23. The number of carbonyl (C=O) groups is 2. The molecule has 0 aliphatic rings. The molecule has 8 heteroatoms. The van der Waals surface area contributed by atoms with Crippen LogP contribution < -0.4 is 10.6 Å². The van der Waals surface area contributed by atoms with Gasteiger partial charge in [-0.05, 0) is 67.3 Å². The van der Waals surface area contributed by atoms with E-state index in [2.05, 4.69) is 31.7 Å². The number of hydrogen-bond donors (Lipinski definition) is 2. The van der Waals surface area contributed by atoms with E-state index in [0.29, 0.717) is 22.1 Å². The molecule has 2 N–H and O–H groups in total. The van der Waals surface area contributed by atoms with Crippen LogP contribution in [0.4, 0.5) is 5.69 Å². The van der Waals surface area contributed by atoms with Crippen molar-refractivity contribution in [3.63, 3.8) is 0 Å². The molecule has 2 aromatic rings. The molecule has 0 bridgehead atoms. The van der Waals surface area contributed by atoms with Crippen molar-refractivity contribution in [2.24, 2.45) is 0 Å². The van der Waals surface area contributed by atoms with E-state index < -0.39 is 6.04 Å². The number of nitrogens with zero attached hydrogens (tertiary/aromatic N) is 2. The number of benzene rings is 1. The highest BCUT2D eigenvalue weighted by molar-refractivity contribution is 9.10. The molecule has 27 heavy (non-hydrogen) atoms. The second-order valence-corrected chi connectivity index (χ2v) is 8.96. The fourth-order valence-corrected chi connectivity index (χ4v) is 3.31. The third-order valence-corrected chi connectivity index (χ3v) is 5.22. The zero-order chi connectivity index (χ0) is 20.0. The SMILES string of the molecule is CSCCC(NC(=O)c1ccccc1Br)C(=O)Nc1cnn(C(C)(C)C)c1. The minimum absolute atomic E-state index is 0.172. The van der Waals surface area contributed by atoms with Crippen LogP contribution in [0.3, 0.4) is 0 Å². The fourth-order valence-electron chi connectivity index (χ4n) is 2.37. The van der Waals surface area contributed by atoms with Crippen molar-refractivity contribution in [2.75, 3.05) is 17.3 Å². The lowest BCUT2D eigenvalue weighted by molar-refractivity contribution is -0.118. The van der Waals surface area contributed by atoms with Crippen molar-refractivity contribution in [1.82, 2.24) is 15.1 Å². The molecule has 1 aromatic heterocycles. The molecule has 1 unspecified atom stereocenters. The molecule has 6 nitrogen and oxygen atoms in total. The van der Waals surface area contributed by atoms with Gasteiger partial charge in [-0.2, -0.15) is 16.9 Å². The Labute approximate surface area is 172 Å². The molecular formula is C19H25BrN4O2S. The topological polar surface area (TPSA) is 76.0 Å². The minimum atomic E-state index is -0.630. The van der Waals surface area contributed by atoms with Gasteiger partial charge in [0.15, 0.2) is 0 Å². The average Bonchev–Trinajstić information content (AvgIpc) is 3.07. The molecule has 1 heterocycles. The van der Waals surface area contributed by atoms with Gasteiger partial charge in [-0.15, -0.1) is 0 Å². The van der Waals surface area contributed by atoms with Crippen LogP contribution in [-0.2, 0) is 10.3 Å². The van der Waals surface area contributed by atoms with Crippen LogP contribution in [0.15, 0.2) is 41.1 Å². The first-order valence-corrected chi connectivity index (χ1v) is 10.8. The molecule has 146 valence electrons. The maximum absolute atomic E-state index is 12.7. The summed E-state index contributed by atoms with van der Waals surface area (Å²) in [6, 6.07) is 6.52. The van der Waals surface area contributed by atoms with Gasteiger partial charge >= 0.3 is 0 Å². The lowest BCUT2D eigenvalue weighted by Gasteiger charge is -2.19. The largest absolute Gasteiger partial charge is 0.340 e. The van der Waals surface area contributed by atoms with Crippen LogP contribution in [0.5, 0.6) is 0 Å². The van der Waals surface area contributed by atoms with Gasteiger partial charge in [-0.3, -0.25) is 14.3 Å². The Morgan fingerprint density at radius 2 is 2.00 bits per heavy atom. The Morgan fingerprint density at radius 1 is 1.30 bits per heavy atom. The summed E-state index contributed by atoms with van der Waals surface area (Å²) in [5, 5.41) is 9.99. The Kier molecular flexibility index (Phi) is 7.49. The van der Waals surface area contributed by atoms with Crippen molar-refractivity contribution < 1.29 is 9.59 Å². The summed E-state index contributed by atoms with van der Waals surface area (Å²) in [7, 11) is 0. The van der Waals surface area contributed by atoms with Gasteiger partial charge in [0.25, 0.3) is 5.91 Å². The van der Waals surface area contributed by atoms with Crippen LogP contribution in [-0.4, -0.2) is 39.6 Å². The summed E-state index contributed by atoms with van der Waals surface area (Å²) >= 11 is 5.01. The number of anilines is 1. The van der Waals surface area contributed by atoms with Crippen molar-refractivity contribution >= 4 is 45.2 Å². The van der Waals surface area contributed by atoms with E-state index in [0.717, 1.165) is 5.75 Å². The number of aromatic nitrogens is 2. The lowest BCUT2D eigenvalue weighted by Crippen LogP contribution is -2.44. The van der Waals surface area contributed by atoms with Gasteiger partial charge < -0.3 is 10.6 Å². The minimum Gasteiger partial charge on any atom is -0.340 e. The van der Waals surface area contributed by atoms with Gasteiger partial charge in [-0.25, -0.2) is 0 Å². The summed E-state index contributed by atoms with van der Waals surface area (Å²) < 4.78 is 2.48. The van der Waals surface area contributed by atoms with Crippen molar-refractivity contribution in [3.8, 4) is 0 Å². The Hall–Kier alpha value is -1.80. The van der Waals surface area contributed by atoms with Gasteiger partial charge in [-0.1, -0.05) is 12.1 Å². The second kappa shape index (κ2) is 9.41. The Morgan fingerprint density at radius 3 is 2.59 bits per heavy atom. The zero-order valence-corrected chi connectivity index (χ0v) is 18.4. The van der Waals surface area contributed by atoms with E-state index in [-0.39, 0.29) is 17.4 Å². The second-order valence-electron chi connectivity index (χ2n) is 7.12. The van der Waals surface area contributed by atoms with Crippen LogP contribution in [0, 0.1) is 0 Å². The molecule has 0 spiro atoms. The number of amides is 2. The lowest BCUT2D eigenvalue weighted by atomic mass is 10.1. The molecule has 1 atom stereocenters. The summed E-state index contributed by atoms with van der Waals surface area (Å²) in [6.45, 7) is 6.10. The summed E-state index contributed by atoms with van der Waals surface area (Å²) in [5.41, 5.74) is 0.939. The number of hydrogen-bond acceptors (Lipinski definition) is 4. The average molecular weight is 453 g/mol. The van der Waals surface area contributed by atoms with E-state index in [1.807, 2.05) is 33.1 Å². The van der Waals surface area contributed by atoms with Crippen LogP contribution in [0.25, 0.3) is 0 Å². The first-order chi connectivity index (χ1) is 12.7. The number of carbonyl (C=O) groups excluding carboxylic acids is 2. The number of rotatable bonds is 7. The summed E-state index contributed by atoms with van der Waals surface area (Å²) in [6.07, 6.45) is 5.91. The van der Waals surface area contributed by atoms with E-state index in [9.17, 15) is 9.59 Å². The normalized spacial score (nSPS) is 12.5. The molecule has 0 aliphatic carbocycles. The third kappa shape index (κ3) is 6.10. The predicted octanol–water partition coefficient (Wildman–Crippen LogP) is 3.89. The smallest absolute Gasteiger partial charge is 0.253 e. The molecule has 0 fully saturated rings. The standard InChI is InChI=1S/C19H25BrN4O2S/c1-19(2,3)24-12-13(11-21-24)22-18(26)16(9-10-27-4)23-17(25)14-7-5-6-8-15(14)20/h5-8,11-12,16H,9-10H2,1-4H3,(H,22,26)(H,23,25). The van der Waals surface area contributed by atoms with Crippen molar-refractivity contribution in [2.45, 2.75) is 38.8 Å². The quantitative estimate of drug-likeness (QED) is 0.667. The molecule has 0 radical (unpaired) electrons. The molecule has 1 aromatic carbocycles. The molecule has 0 saturated carbocycles. The highest BCUT2D eigenvalue weighted by atomic mass is 79.9. The number of nitrogens with one attached hydrogen (secondary N) is 2. The van der Waals surface area contributed by atoms with Crippen LogP contribution >= 0.6 is 27.7 Å². The van der Waals surface area contributed by atoms with Gasteiger partial charge in [0.1, 0.15) is 6.04 Å². The predicted molar refractivity (Wildman–Crippen MR) is 114 cm³/mol. The van der Waals surface area contributed by atoms with Crippen molar-refractivity contribution in [1.29, 1.82) is 0 Å². The molecule has 2 amide bonds. The van der Waals surface area contributed by atoms with E-state index >= 15 is 0 Å². The first kappa shape index (κ1) is 21.5. The van der Waals surface area contributed by atoms with Gasteiger partial charge in [0.2, 0.25) is 5.91 Å². The van der Waals surface area contributed by atoms with Crippen molar-refractivity contribution in [3.05, 3.63) is 46.7 Å². The molecule has 0 saturated heterocycles. The van der Waals surface area contributed by atoms with Gasteiger partial charge in [0.05, 0.1) is 23.0 Å². The highest BCUT2D eigenvalue weighted by Crippen LogP contribution is 2.18. The third-order valence-electron chi connectivity index (χ3n) is 3.89. The van der Waals surface area contributed by atoms with Gasteiger partial charge in [0, 0.05) is 10.7 Å².